The number of hydrogen-bond acceptors (Lipinski definition) is 10. The van der Waals surface area contributed by atoms with Crippen LogP contribution >= 0.6 is 24.4 Å². The first-order valence-corrected chi connectivity index (χ1v) is 15.8. The zero-order valence-corrected chi connectivity index (χ0v) is 26.8. The largest absolute Gasteiger partial charge is 0.480 e. The fourth-order valence-corrected chi connectivity index (χ4v) is 4.29. The lowest BCUT2D eigenvalue weighted by Gasteiger charge is -2.24. The van der Waals surface area contributed by atoms with E-state index < -0.39 is 72.3 Å². The van der Waals surface area contributed by atoms with Gasteiger partial charge in [0, 0.05) is 12.3 Å². The highest BCUT2D eigenvalue weighted by atomic mass is 32.2. The van der Waals surface area contributed by atoms with E-state index in [4.69, 9.17) is 17.2 Å². The molecule has 43 heavy (non-hydrogen) atoms. The van der Waals surface area contributed by atoms with Crippen molar-refractivity contribution in [2.75, 3.05) is 30.9 Å². The Labute approximate surface area is 261 Å². The van der Waals surface area contributed by atoms with Gasteiger partial charge in [0.05, 0.1) is 12.6 Å². The summed E-state index contributed by atoms with van der Waals surface area (Å²) < 4.78 is 0. The number of carboxylic acid groups (broad SMARTS) is 1. The predicted octanol–water partition coefficient (Wildman–Crippen LogP) is -2.74. The Morgan fingerprint density at radius 2 is 1.44 bits per heavy atom. The average Bonchev–Trinajstić information content (AvgIpc) is 2.92. The molecule has 0 radical (unpaired) electrons. The summed E-state index contributed by atoms with van der Waals surface area (Å²) in [5.41, 5.74) is 16.5. The maximum atomic E-state index is 13.1. The monoisotopic (exact) mass is 649 g/mol. The van der Waals surface area contributed by atoms with Gasteiger partial charge >= 0.3 is 5.97 Å². The number of hydrogen-bond donors (Lipinski definition) is 10. The number of thioether (sulfide) groups is 1. The van der Waals surface area contributed by atoms with E-state index >= 15 is 0 Å². The molecule has 0 saturated heterocycles. The second-order valence-electron chi connectivity index (χ2n) is 10.2. The molecular weight excluding hydrogens is 602 g/mol. The SMILES string of the molecule is CSCC[C@H](NC(=O)[C@H](C)NC(=O)[C@H](CCCN=C(N)N)NC(=O)CNC(=O)[C@@H](N)CC(C)C)C(=O)N[C@@H](CS)C(=O)O. The summed E-state index contributed by atoms with van der Waals surface area (Å²) >= 11 is 5.35. The Bertz CT molecular complexity index is 981. The van der Waals surface area contributed by atoms with Crippen LogP contribution in [0.4, 0.5) is 0 Å². The summed E-state index contributed by atoms with van der Waals surface area (Å²) in [4.78, 5) is 78.6. The topological polar surface area (TPSA) is 273 Å². The lowest BCUT2D eigenvalue weighted by Crippen LogP contribution is -2.57. The van der Waals surface area contributed by atoms with E-state index in [9.17, 15) is 33.9 Å². The quantitative estimate of drug-likeness (QED) is 0.0263. The molecule has 0 aliphatic heterocycles. The van der Waals surface area contributed by atoms with Crippen molar-refractivity contribution >= 4 is 65.9 Å². The van der Waals surface area contributed by atoms with Crippen LogP contribution in [0.1, 0.15) is 46.5 Å². The molecule has 0 aromatic carbocycles. The van der Waals surface area contributed by atoms with E-state index in [0.29, 0.717) is 18.6 Å². The van der Waals surface area contributed by atoms with Crippen molar-refractivity contribution in [3.05, 3.63) is 0 Å². The van der Waals surface area contributed by atoms with Crippen LogP contribution in [-0.4, -0.2) is 108 Å². The number of carbonyl (C=O) groups excluding carboxylic acids is 5. The predicted molar refractivity (Wildman–Crippen MR) is 168 cm³/mol. The number of nitrogens with one attached hydrogen (secondary N) is 5. The first-order chi connectivity index (χ1) is 20.1. The van der Waals surface area contributed by atoms with Crippen LogP contribution < -0.4 is 43.8 Å². The highest BCUT2D eigenvalue weighted by molar-refractivity contribution is 7.98. The number of thiol groups is 1. The van der Waals surface area contributed by atoms with E-state index in [1.165, 1.54) is 18.7 Å². The molecule has 18 heteroatoms. The molecule has 12 N–H and O–H groups in total. The second kappa shape index (κ2) is 21.4. The van der Waals surface area contributed by atoms with Gasteiger partial charge < -0.3 is 48.9 Å². The van der Waals surface area contributed by atoms with Gasteiger partial charge in [0.15, 0.2) is 5.96 Å². The highest BCUT2D eigenvalue weighted by Crippen LogP contribution is 2.05. The van der Waals surface area contributed by atoms with E-state index in [-0.39, 0.29) is 37.0 Å². The summed E-state index contributed by atoms with van der Waals surface area (Å²) in [6.45, 7) is 4.95. The molecule has 16 nitrogen and oxygen atoms in total. The molecule has 0 fully saturated rings. The normalized spacial score (nSPS) is 14.3. The van der Waals surface area contributed by atoms with Crippen LogP contribution in [0.3, 0.4) is 0 Å². The molecule has 0 heterocycles. The molecule has 0 bridgehead atoms. The van der Waals surface area contributed by atoms with Gasteiger partial charge in [-0.05, 0) is 50.5 Å². The second-order valence-corrected chi connectivity index (χ2v) is 11.5. The maximum absolute atomic E-state index is 13.1. The van der Waals surface area contributed by atoms with E-state index in [0.717, 1.165) is 0 Å². The van der Waals surface area contributed by atoms with Crippen LogP contribution in [0.2, 0.25) is 0 Å². The standard InChI is InChI=1S/C25H47N9O7S2/c1-13(2)10-15(26)21(37)30-11-19(35)32-16(6-5-8-29-25(27)28)22(38)31-14(3)20(36)33-17(7-9-43-4)23(39)34-18(12-42)24(40)41/h13-18,42H,5-12,26H2,1-4H3,(H,30,37)(H,31,38)(H,32,35)(H,33,36)(H,34,39)(H,40,41)(H4,27,28,29)/t14-,15-,16-,17-,18-/m0/s1. The summed E-state index contributed by atoms with van der Waals surface area (Å²) in [6.07, 6.45) is 2.84. The fraction of sp³-hybridized carbons (Fsp3) is 0.720. The van der Waals surface area contributed by atoms with Gasteiger partial charge in [-0.2, -0.15) is 24.4 Å². The minimum atomic E-state index is -1.27. The van der Waals surface area contributed by atoms with Gasteiger partial charge in [-0.3, -0.25) is 29.0 Å². The van der Waals surface area contributed by atoms with E-state index in [1.807, 2.05) is 13.8 Å². The molecular formula is C25H47N9O7S2. The summed E-state index contributed by atoms with van der Waals surface area (Å²) in [6, 6.07) is -5.35. The van der Waals surface area contributed by atoms with Crippen molar-refractivity contribution in [3.63, 3.8) is 0 Å². The molecule has 0 aliphatic rings. The molecule has 0 unspecified atom stereocenters. The van der Waals surface area contributed by atoms with Crippen molar-refractivity contribution in [2.24, 2.45) is 28.1 Å². The number of carboxylic acids is 1. The van der Waals surface area contributed by atoms with Gasteiger partial charge in [-0.25, -0.2) is 4.79 Å². The van der Waals surface area contributed by atoms with Crippen molar-refractivity contribution in [1.29, 1.82) is 0 Å². The number of nitrogens with two attached hydrogens (primary N) is 3. The van der Waals surface area contributed by atoms with Crippen LogP contribution in [0.5, 0.6) is 0 Å². The van der Waals surface area contributed by atoms with Gasteiger partial charge in [0.25, 0.3) is 0 Å². The van der Waals surface area contributed by atoms with Gasteiger partial charge in [-0.1, -0.05) is 13.8 Å². The Kier molecular flexibility index (Phi) is 19.8. The molecule has 0 rings (SSSR count). The fourth-order valence-electron chi connectivity index (χ4n) is 3.57. The Morgan fingerprint density at radius 1 is 0.860 bits per heavy atom. The Hall–Kier alpha value is -3.25. The molecule has 0 spiro atoms. The summed E-state index contributed by atoms with van der Waals surface area (Å²) in [7, 11) is 0. The number of aliphatic imine (C=N–C) groups is 1. The zero-order chi connectivity index (χ0) is 33.1. The van der Waals surface area contributed by atoms with Crippen molar-refractivity contribution in [2.45, 2.75) is 76.7 Å². The van der Waals surface area contributed by atoms with Gasteiger partial charge in [0.1, 0.15) is 24.2 Å². The molecule has 5 amide bonds. The number of nitrogens with zero attached hydrogens (tertiary/aromatic N) is 1. The van der Waals surface area contributed by atoms with Crippen LogP contribution in [0.15, 0.2) is 4.99 Å². The molecule has 0 aromatic heterocycles. The molecule has 246 valence electrons. The summed E-state index contributed by atoms with van der Waals surface area (Å²) in [5, 5.41) is 21.6. The van der Waals surface area contributed by atoms with Crippen molar-refractivity contribution < 1.29 is 33.9 Å². The van der Waals surface area contributed by atoms with Crippen molar-refractivity contribution in [1.82, 2.24) is 26.6 Å². The maximum Gasteiger partial charge on any atom is 0.327 e. The van der Waals surface area contributed by atoms with Gasteiger partial charge in [0.2, 0.25) is 29.5 Å². The summed E-state index contributed by atoms with van der Waals surface area (Å²) in [5.74, 6) is -4.17. The highest BCUT2D eigenvalue weighted by Gasteiger charge is 2.29. The number of amides is 5. The molecule has 0 aliphatic carbocycles. The van der Waals surface area contributed by atoms with E-state index in [2.05, 4.69) is 44.2 Å². The Morgan fingerprint density at radius 3 is 1.98 bits per heavy atom. The van der Waals surface area contributed by atoms with Gasteiger partial charge in [-0.15, -0.1) is 0 Å². The first-order valence-electron chi connectivity index (χ1n) is 13.7. The lowest BCUT2D eigenvalue weighted by molar-refractivity contribution is -0.141. The van der Waals surface area contributed by atoms with Crippen LogP contribution in [0.25, 0.3) is 0 Å². The molecule has 5 atom stereocenters. The lowest BCUT2D eigenvalue weighted by atomic mass is 10.0. The number of rotatable bonds is 21. The average molecular weight is 650 g/mol. The minimum absolute atomic E-state index is 0.0998. The zero-order valence-electron chi connectivity index (χ0n) is 25.1. The number of aliphatic carboxylic acids is 1. The third kappa shape index (κ3) is 17.5. The number of guanidine groups is 1. The smallest absolute Gasteiger partial charge is 0.327 e. The molecule has 0 saturated carbocycles. The Balaban J connectivity index is 5.42. The van der Waals surface area contributed by atoms with Crippen molar-refractivity contribution in [3.8, 4) is 0 Å². The first kappa shape index (κ1) is 39.8. The van der Waals surface area contributed by atoms with Crippen LogP contribution in [-0.2, 0) is 28.8 Å². The van der Waals surface area contributed by atoms with Crippen LogP contribution in [0, 0.1) is 5.92 Å². The van der Waals surface area contributed by atoms with E-state index in [1.54, 1.807) is 6.26 Å². The molecule has 0 aromatic rings. The third-order valence-electron chi connectivity index (χ3n) is 5.88. The third-order valence-corrected chi connectivity index (χ3v) is 6.88. The minimum Gasteiger partial charge on any atom is -0.480 e. The number of carbonyl (C=O) groups is 6.